The van der Waals surface area contributed by atoms with Crippen molar-refractivity contribution in [1.82, 2.24) is 4.72 Å². The number of nitrogens with one attached hydrogen (secondary N) is 1. The third kappa shape index (κ3) is 4.84. The zero-order valence-corrected chi connectivity index (χ0v) is 13.1. The van der Waals surface area contributed by atoms with Gasteiger partial charge in [-0.25, -0.2) is 8.42 Å². The lowest BCUT2D eigenvalue weighted by Crippen LogP contribution is -2.34. The van der Waals surface area contributed by atoms with Crippen LogP contribution < -0.4 is 4.72 Å². The maximum Gasteiger partial charge on any atom is 0.262 e. The fourth-order valence-electron chi connectivity index (χ4n) is 1.38. The van der Waals surface area contributed by atoms with E-state index in [9.17, 15) is 8.42 Å². The van der Waals surface area contributed by atoms with Crippen LogP contribution in [0.15, 0.2) is 34.2 Å². The van der Waals surface area contributed by atoms with Crippen molar-refractivity contribution < 1.29 is 8.42 Å². The first kappa shape index (κ1) is 16.0. The first-order valence-corrected chi connectivity index (χ1v) is 7.94. The van der Waals surface area contributed by atoms with E-state index in [1.807, 2.05) is 27.7 Å². The highest BCUT2D eigenvalue weighted by atomic mass is 35.5. The molecule has 0 heterocycles. The van der Waals surface area contributed by atoms with Crippen molar-refractivity contribution in [3.05, 3.63) is 29.3 Å². The van der Waals surface area contributed by atoms with Crippen LogP contribution in [0, 0.1) is 5.92 Å². The van der Waals surface area contributed by atoms with E-state index in [1.54, 1.807) is 12.1 Å². The minimum absolute atomic E-state index is 0.00414. The Morgan fingerprint density at radius 3 is 2.11 bits per heavy atom. The van der Waals surface area contributed by atoms with Gasteiger partial charge in [0.1, 0.15) is 5.84 Å². The van der Waals surface area contributed by atoms with E-state index in [1.165, 1.54) is 12.1 Å². The molecule has 0 radical (unpaired) electrons. The van der Waals surface area contributed by atoms with Gasteiger partial charge in [0.05, 0.1) is 4.90 Å². The van der Waals surface area contributed by atoms with Crippen molar-refractivity contribution in [3.63, 3.8) is 0 Å². The van der Waals surface area contributed by atoms with Crippen molar-refractivity contribution in [1.29, 1.82) is 0 Å². The van der Waals surface area contributed by atoms with Crippen LogP contribution in [0.2, 0.25) is 5.02 Å². The molecule has 0 aliphatic carbocycles. The average Bonchev–Trinajstić information content (AvgIpc) is 2.27. The zero-order valence-electron chi connectivity index (χ0n) is 11.5. The molecule has 106 valence electrons. The Balaban J connectivity index is 3.04. The lowest BCUT2D eigenvalue weighted by atomic mass is 10.2. The van der Waals surface area contributed by atoms with Crippen molar-refractivity contribution >= 4 is 27.5 Å². The molecule has 0 fully saturated rings. The average molecular weight is 303 g/mol. The van der Waals surface area contributed by atoms with E-state index < -0.39 is 10.0 Å². The molecule has 0 bridgehead atoms. The Hall–Kier alpha value is -1.07. The number of benzene rings is 1. The van der Waals surface area contributed by atoms with Crippen molar-refractivity contribution in [3.8, 4) is 0 Å². The third-order valence-corrected chi connectivity index (χ3v) is 3.93. The fourth-order valence-corrected chi connectivity index (χ4v) is 2.68. The van der Waals surface area contributed by atoms with Crippen LogP contribution in [-0.2, 0) is 10.0 Å². The minimum atomic E-state index is -3.61. The van der Waals surface area contributed by atoms with Gasteiger partial charge in [0.15, 0.2) is 0 Å². The molecule has 0 amide bonds. The Bertz CT molecular complexity index is 549. The highest BCUT2D eigenvalue weighted by Gasteiger charge is 2.18. The standard InChI is InChI=1S/C13H19ClN2O2S/c1-9(2)13(15-10(3)4)16-19(17,18)12-7-5-11(14)6-8-12/h5-10H,1-4H3,(H,15,16). The quantitative estimate of drug-likeness (QED) is 0.686. The summed E-state index contributed by atoms with van der Waals surface area (Å²) in [5, 5.41) is 0.499. The monoisotopic (exact) mass is 302 g/mol. The molecule has 0 saturated heterocycles. The molecule has 1 aromatic carbocycles. The normalized spacial score (nSPS) is 13.1. The van der Waals surface area contributed by atoms with E-state index in [4.69, 9.17) is 11.6 Å². The second-order valence-electron chi connectivity index (χ2n) is 4.82. The van der Waals surface area contributed by atoms with E-state index in [2.05, 4.69) is 9.71 Å². The molecule has 0 atom stereocenters. The number of sulfonamides is 1. The predicted molar refractivity (Wildman–Crippen MR) is 79.2 cm³/mol. The lowest BCUT2D eigenvalue weighted by molar-refractivity contribution is 0.590. The van der Waals surface area contributed by atoms with Crippen LogP contribution in [0.5, 0.6) is 0 Å². The van der Waals surface area contributed by atoms with Crippen LogP contribution in [0.4, 0.5) is 0 Å². The van der Waals surface area contributed by atoms with Crippen LogP contribution >= 0.6 is 11.6 Å². The first-order chi connectivity index (χ1) is 8.72. The van der Waals surface area contributed by atoms with E-state index in [-0.39, 0.29) is 16.9 Å². The zero-order chi connectivity index (χ0) is 14.6. The summed E-state index contributed by atoms with van der Waals surface area (Å²) in [4.78, 5) is 4.48. The smallest absolute Gasteiger partial charge is 0.262 e. The molecule has 0 aliphatic heterocycles. The van der Waals surface area contributed by atoms with Crippen LogP contribution in [-0.4, -0.2) is 20.3 Å². The highest BCUT2D eigenvalue weighted by Crippen LogP contribution is 2.14. The Morgan fingerprint density at radius 1 is 1.16 bits per heavy atom. The summed E-state index contributed by atoms with van der Waals surface area (Å²) in [5.74, 6) is 0.467. The third-order valence-electron chi connectivity index (χ3n) is 2.31. The second kappa shape index (κ2) is 6.39. The molecule has 1 aromatic rings. The Kier molecular flexibility index (Phi) is 5.38. The second-order valence-corrected chi connectivity index (χ2v) is 6.94. The highest BCUT2D eigenvalue weighted by molar-refractivity contribution is 7.90. The number of rotatable bonds is 4. The maximum absolute atomic E-state index is 12.2. The summed E-state index contributed by atoms with van der Waals surface area (Å²) in [6.45, 7) is 7.59. The molecule has 6 heteroatoms. The number of nitrogens with zero attached hydrogens (tertiary/aromatic N) is 1. The van der Waals surface area contributed by atoms with Crippen molar-refractivity contribution in [2.45, 2.75) is 38.6 Å². The van der Waals surface area contributed by atoms with E-state index >= 15 is 0 Å². The molecule has 19 heavy (non-hydrogen) atoms. The summed E-state index contributed by atoms with van der Waals surface area (Å²) in [5.41, 5.74) is 0. The molecule has 1 rings (SSSR count). The van der Waals surface area contributed by atoms with Gasteiger partial charge in [0, 0.05) is 17.0 Å². The van der Waals surface area contributed by atoms with Gasteiger partial charge in [-0.2, -0.15) is 0 Å². The number of amidine groups is 1. The van der Waals surface area contributed by atoms with Gasteiger partial charge in [-0.1, -0.05) is 25.4 Å². The Labute approximate surface area is 119 Å². The fraction of sp³-hybridized carbons (Fsp3) is 0.462. The molecular formula is C13H19ClN2O2S. The number of halogens is 1. The molecule has 0 aliphatic rings. The lowest BCUT2D eigenvalue weighted by Gasteiger charge is -2.15. The van der Waals surface area contributed by atoms with Crippen LogP contribution in [0.1, 0.15) is 27.7 Å². The molecule has 4 nitrogen and oxygen atoms in total. The van der Waals surface area contributed by atoms with E-state index in [0.29, 0.717) is 10.9 Å². The number of hydrogen-bond donors (Lipinski definition) is 1. The minimum Gasteiger partial charge on any atom is -0.269 e. The van der Waals surface area contributed by atoms with Crippen LogP contribution in [0.3, 0.4) is 0 Å². The Morgan fingerprint density at radius 2 is 1.68 bits per heavy atom. The molecule has 0 unspecified atom stereocenters. The number of hydrogen-bond acceptors (Lipinski definition) is 3. The SMILES string of the molecule is CC(C)N=C(NS(=O)(=O)c1ccc(Cl)cc1)C(C)C. The summed E-state index contributed by atoms with van der Waals surface area (Å²) >= 11 is 5.75. The van der Waals surface area contributed by atoms with Gasteiger partial charge < -0.3 is 0 Å². The summed E-state index contributed by atoms with van der Waals surface area (Å²) in [6, 6.07) is 6.07. The topological polar surface area (TPSA) is 58.5 Å². The summed E-state index contributed by atoms with van der Waals surface area (Å²) < 4.78 is 26.9. The first-order valence-electron chi connectivity index (χ1n) is 6.08. The van der Waals surface area contributed by atoms with Crippen molar-refractivity contribution in [2.75, 3.05) is 0 Å². The maximum atomic E-state index is 12.2. The van der Waals surface area contributed by atoms with Crippen molar-refractivity contribution in [2.24, 2.45) is 10.9 Å². The van der Waals surface area contributed by atoms with Gasteiger partial charge in [-0.15, -0.1) is 0 Å². The summed E-state index contributed by atoms with van der Waals surface area (Å²) in [6.07, 6.45) is 0. The number of aliphatic imine (C=N–C) groups is 1. The van der Waals surface area contributed by atoms with Gasteiger partial charge in [-0.3, -0.25) is 9.71 Å². The van der Waals surface area contributed by atoms with Gasteiger partial charge in [0.25, 0.3) is 10.0 Å². The summed E-state index contributed by atoms with van der Waals surface area (Å²) in [7, 11) is -3.61. The van der Waals surface area contributed by atoms with Gasteiger partial charge in [0.2, 0.25) is 0 Å². The molecule has 1 N–H and O–H groups in total. The molecule has 0 saturated carbocycles. The largest absolute Gasteiger partial charge is 0.269 e. The molecule has 0 aromatic heterocycles. The van der Waals surface area contributed by atoms with Gasteiger partial charge >= 0.3 is 0 Å². The van der Waals surface area contributed by atoms with Crippen LogP contribution in [0.25, 0.3) is 0 Å². The molecule has 0 spiro atoms. The predicted octanol–water partition coefficient (Wildman–Crippen LogP) is 3.08. The van der Waals surface area contributed by atoms with Gasteiger partial charge in [-0.05, 0) is 38.1 Å². The van der Waals surface area contributed by atoms with E-state index in [0.717, 1.165) is 0 Å². The molecular weight excluding hydrogens is 284 g/mol.